The van der Waals surface area contributed by atoms with Gasteiger partial charge in [0.05, 0.1) is 12.6 Å². The smallest absolute Gasteiger partial charge is 0.446 e. The van der Waals surface area contributed by atoms with Crippen LogP contribution in [0.2, 0.25) is 0 Å². The molecule has 0 bridgehead atoms. The minimum Gasteiger partial charge on any atom is -0.446 e. The predicted octanol–water partition coefficient (Wildman–Crippen LogP) is 3.97. The molecule has 1 unspecified atom stereocenters. The lowest BCUT2D eigenvalue weighted by Gasteiger charge is -2.40. The Balaban J connectivity index is 1.52. The third kappa shape index (κ3) is 5.18. The zero-order valence-electron chi connectivity index (χ0n) is 19.5. The Kier molecular flexibility index (Phi) is 6.97. The van der Waals surface area contributed by atoms with E-state index in [1.54, 1.807) is 19.1 Å². The fourth-order valence-electron chi connectivity index (χ4n) is 4.12. The molecule has 4 rings (SSSR count). The van der Waals surface area contributed by atoms with Crippen molar-refractivity contribution in [2.45, 2.75) is 51.2 Å². The Morgan fingerprint density at radius 1 is 1.22 bits per heavy atom. The summed E-state index contributed by atoms with van der Waals surface area (Å²) in [6.07, 6.45) is -6.31. The number of fused-ring (bicyclic) bond motifs is 1. The number of hydrogen-bond acceptors (Lipinski definition) is 8. The molecule has 3 aromatic rings. The van der Waals surface area contributed by atoms with E-state index in [1.165, 1.54) is 4.90 Å². The lowest BCUT2D eigenvalue weighted by molar-refractivity contribution is -0.204. The lowest BCUT2D eigenvalue weighted by Crippen LogP contribution is -2.49. The second kappa shape index (κ2) is 9.97. The predicted molar refractivity (Wildman–Crippen MR) is 124 cm³/mol. The van der Waals surface area contributed by atoms with Gasteiger partial charge in [-0.3, -0.25) is 4.79 Å². The van der Waals surface area contributed by atoms with Crippen LogP contribution >= 0.6 is 0 Å². The summed E-state index contributed by atoms with van der Waals surface area (Å²) in [5, 5.41) is 7.22. The Hall–Kier alpha value is -3.93. The number of aromatic nitrogens is 2. The van der Waals surface area contributed by atoms with Gasteiger partial charge in [0.25, 0.3) is 11.8 Å². The number of benzene rings is 2. The molecule has 0 saturated heterocycles. The highest BCUT2D eigenvalue weighted by molar-refractivity contribution is 5.99. The summed E-state index contributed by atoms with van der Waals surface area (Å²) in [6, 6.07) is 13.9. The number of hydrogen-bond donors (Lipinski definition) is 2. The van der Waals surface area contributed by atoms with Gasteiger partial charge in [0.2, 0.25) is 0 Å². The summed E-state index contributed by atoms with van der Waals surface area (Å²) in [7, 11) is 0. The summed E-state index contributed by atoms with van der Waals surface area (Å²) >= 11 is 0. The fourth-order valence-corrected chi connectivity index (χ4v) is 4.12. The van der Waals surface area contributed by atoms with E-state index in [-0.39, 0.29) is 18.6 Å². The molecule has 1 aliphatic heterocycles. The number of anilines is 2. The SMILES string of the molecule is CC(OC(=O)C(F)(F)F)C(=O)N1c2ccccc2[C@H](Nc2ccc(-c3nc(CN)no3)cc2)C[C@@H]1C. The summed E-state index contributed by atoms with van der Waals surface area (Å²) in [6.45, 7) is 3.09. The monoisotopic (exact) mass is 503 g/mol. The zero-order valence-corrected chi connectivity index (χ0v) is 19.5. The van der Waals surface area contributed by atoms with Crippen LogP contribution < -0.4 is 16.0 Å². The molecule has 36 heavy (non-hydrogen) atoms. The normalized spacial score (nSPS) is 18.3. The van der Waals surface area contributed by atoms with Crippen molar-refractivity contribution in [2.24, 2.45) is 5.73 Å². The molecular formula is C24H24F3N5O4. The van der Waals surface area contributed by atoms with E-state index in [1.807, 2.05) is 36.4 Å². The van der Waals surface area contributed by atoms with Crippen molar-refractivity contribution in [3.05, 3.63) is 59.9 Å². The maximum Gasteiger partial charge on any atom is 0.490 e. The Morgan fingerprint density at radius 2 is 1.92 bits per heavy atom. The first-order chi connectivity index (χ1) is 17.1. The van der Waals surface area contributed by atoms with Crippen LogP contribution in [0.15, 0.2) is 53.1 Å². The Bertz CT molecular complexity index is 1250. The quantitative estimate of drug-likeness (QED) is 0.485. The molecule has 0 saturated carbocycles. The Labute approximate surface area is 204 Å². The van der Waals surface area contributed by atoms with Gasteiger partial charge >= 0.3 is 12.1 Å². The number of amides is 1. The van der Waals surface area contributed by atoms with E-state index < -0.39 is 24.2 Å². The molecule has 1 aromatic heterocycles. The van der Waals surface area contributed by atoms with Gasteiger partial charge in [-0.05, 0) is 56.2 Å². The van der Waals surface area contributed by atoms with Gasteiger partial charge in [-0.25, -0.2) is 4.79 Å². The summed E-state index contributed by atoms with van der Waals surface area (Å²) < 4.78 is 47.4. The number of carbonyl (C=O) groups is 2. The molecule has 9 nitrogen and oxygen atoms in total. The zero-order chi connectivity index (χ0) is 26.0. The van der Waals surface area contributed by atoms with E-state index in [0.717, 1.165) is 23.7 Å². The molecule has 0 spiro atoms. The van der Waals surface area contributed by atoms with Crippen molar-refractivity contribution in [1.82, 2.24) is 10.1 Å². The summed E-state index contributed by atoms with van der Waals surface area (Å²) in [4.78, 5) is 29.8. The van der Waals surface area contributed by atoms with E-state index in [0.29, 0.717) is 23.8 Å². The molecule has 0 aliphatic carbocycles. The third-order valence-corrected chi connectivity index (χ3v) is 5.81. The van der Waals surface area contributed by atoms with Crippen LogP contribution in [-0.4, -0.2) is 40.3 Å². The lowest BCUT2D eigenvalue weighted by atomic mass is 9.91. The molecule has 0 radical (unpaired) electrons. The molecule has 2 aromatic carbocycles. The highest BCUT2D eigenvalue weighted by Crippen LogP contribution is 2.39. The van der Waals surface area contributed by atoms with Crippen LogP contribution in [0.4, 0.5) is 24.5 Å². The van der Waals surface area contributed by atoms with Gasteiger partial charge in [-0.15, -0.1) is 0 Å². The number of esters is 1. The summed E-state index contributed by atoms with van der Waals surface area (Å²) in [5.74, 6) is -2.37. The standard InChI is InChI=1S/C24H24F3N5O4/c1-13-11-18(29-16-9-7-15(8-10-16)21-30-20(12-28)31-36-21)17-5-3-4-6-19(17)32(13)22(33)14(2)35-23(34)24(25,26)27/h3-10,13-14,18,29H,11-12,28H2,1-2H3/t13-,14?,18+/m0/s1. The van der Waals surface area contributed by atoms with Crippen LogP contribution in [0.3, 0.4) is 0 Å². The molecule has 3 N–H and O–H groups in total. The number of nitrogens with two attached hydrogens (primary N) is 1. The number of halogens is 3. The van der Waals surface area contributed by atoms with E-state index >= 15 is 0 Å². The number of rotatable bonds is 6. The average molecular weight is 503 g/mol. The first-order valence-electron chi connectivity index (χ1n) is 11.2. The number of nitrogens with one attached hydrogen (secondary N) is 1. The maximum absolute atomic E-state index is 13.0. The first-order valence-corrected chi connectivity index (χ1v) is 11.2. The van der Waals surface area contributed by atoms with Gasteiger partial charge in [-0.1, -0.05) is 23.4 Å². The third-order valence-electron chi connectivity index (χ3n) is 5.81. The molecule has 12 heteroatoms. The molecule has 1 aliphatic rings. The average Bonchev–Trinajstić information content (AvgIpc) is 3.33. The minimum atomic E-state index is -5.18. The van der Waals surface area contributed by atoms with Gasteiger partial charge in [-0.2, -0.15) is 18.2 Å². The number of ether oxygens (including phenoxy) is 1. The van der Waals surface area contributed by atoms with Crippen LogP contribution in [0.1, 0.15) is 37.7 Å². The first kappa shape index (κ1) is 25.2. The van der Waals surface area contributed by atoms with Crippen molar-refractivity contribution in [1.29, 1.82) is 0 Å². The highest BCUT2D eigenvalue weighted by atomic mass is 19.4. The second-order valence-corrected chi connectivity index (χ2v) is 8.39. The van der Waals surface area contributed by atoms with Crippen molar-refractivity contribution in [3.63, 3.8) is 0 Å². The van der Waals surface area contributed by atoms with E-state index in [9.17, 15) is 22.8 Å². The molecule has 0 fully saturated rings. The van der Waals surface area contributed by atoms with E-state index in [2.05, 4.69) is 20.2 Å². The van der Waals surface area contributed by atoms with Crippen LogP contribution in [0, 0.1) is 0 Å². The Morgan fingerprint density at radius 3 is 2.56 bits per heavy atom. The number of carbonyl (C=O) groups excluding carboxylic acids is 2. The van der Waals surface area contributed by atoms with Crippen LogP contribution in [0.5, 0.6) is 0 Å². The van der Waals surface area contributed by atoms with Crippen molar-refractivity contribution >= 4 is 23.3 Å². The highest BCUT2D eigenvalue weighted by Gasteiger charge is 2.44. The van der Waals surface area contributed by atoms with E-state index in [4.69, 9.17) is 10.3 Å². The van der Waals surface area contributed by atoms with Crippen molar-refractivity contribution in [2.75, 3.05) is 10.2 Å². The van der Waals surface area contributed by atoms with Gasteiger partial charge in [0.15, 0.2) is 11.9 Å². The maximum atomic E-state index is 13.0. The summed E-state index contributed by atoms with van der Waals surface area (Å²) in [5.41, 5.74) is 8.36. The molecule has 190 valence electrons. The van der Waals surface area contributed by atoms with Crippen molar-refractivity contribution in [3.8, 4) is 11.5 Å². The van der Waals surface area contributed by atoms with Gasteiger partial charge < -0.3 is 25.2 Å². The number of para-hydroxylation sites is 1. The topological polar surface area (TPSA) is 124 Å². The van der Waals surface area contributed by atoms with Crippen LogP contribution in [-0.2, 0) is 20.9 Å². The van der Waals surface area contributed by atoms with Gasteiger partial charge in [0, 0.05) is 23.0 Å². The second-order valence-electron chi connectivity index (χ2n) is 8.39. The van der Waals surface area contributed by atoms with Gasteiger partial charge in [0.1, 0.15) is 0 Å². The fraction of sp³-hybridized carbons (Fsp3) is 0.333. The number of alkyl halides is 3. The van der Waals surface area contributed by atoms with Crippen LogP contribution in [0.25, 0.3) is 11.5 Å². The number of nitrogens with zero attached hydrogens (tertiary/aromatic N) is 3. The molecule has 2 heterocycles. The molecule has 1 amide bonds. The molecule has 3 atom stereocenters. The largest absolute Gasteiger partial charge is 0.490 e. The van der Waals surface area contributed by atoms with Crippen molar-refractivity contribution < 1.29 is 32.0 Å². The minimum absolute atomic E-state index is 0.172. The molecular weight excluding hydrogens is 479 g/mol.